The molecule has 0 aliphatic rings. The molecule has 0 bridgehead atoms. The summed E-state index contributed by atoms with van der Waals surface area (Å²) < 4.78 is 5.24. The van der Waals surface area contributed by atoms with Crippen LogP contribution in [0.15, 0.2) is 52.2 Å². The van der Waals surface area contributed by atoms with Gasteiger partial charge in [0.2, 0.25) is 0 Å². The normalized spacial score (nSPS) is 11.5. The molecule has 0 atom stereocenters. The summed E-state index contributed by atoms with van der Waals surface area (Å²) in [5.74, 6) is 0.779. The maximum Gasteiger partial charge on any atom is 0.149 e. The van der Waals surface area contributed by atoms with E-state index < -0.39 is 0 Å². The summed E-state index contributed by atoms with van der Waals surface area (Å²) in [6.45, 7) is 3.95. The Balaban J connectivity index is 2.13. The fourth-order valence-corrected chi connectivity index (χ4v) is 1.38. The van der Waals surface area contributed by atoms with Gasteiger partial charge in [-0.15, -0.1) is 0 Å². The maximum absolute atomic E-state index is 5.24. The first kappa shape index (κ1) is 10.5. The minimum atomic E-state index is 0.779. The molecule has 1 aromatic carbocycles. The summed E-state index contributed by atoms with van der Waals surface area (Å²) in [6.07, 6.45) is 1.64. The highest BCUT2D eigenvalue weighted by atomic mass is 16.3. The third kappa shape index (κ3) is 2.31. The molecule has 82 valence electrons. The molecule has 1 aromatic heterocycles. The van der Waals surface area contributed by atoms with Gasteiger partial charge in [0.25, 0.3) is 0 Å². The highest BCUT2D eigenvalue weighted by molar-refractivity contribution is 5.96. The Kier molecular flexibility index (Phi) is 3.05. The first-order valence-electron chi connectivity index (χ1n) is 5.17. The van der Waals surface area contributed by atoms with E-state index in [-0.39, 0.29) is 0 Å². The fraction of sp³-hybridized carbons (Fsp3) is 0.154. The van der Waals surface area contributed by atoms with Crippen LogP contribution in [0.4, 0.5) is 5.69 Å². The molecule has 0 amide bonds. The Morgan fingerprint density at radius 3 is 2.69 bits per heavy atom. The lowest BCUT2D eigenvalue weighted by Crippen LogP contribution is -1.99. The van der Waals surface area contributed by atoms with Gasteiger partial charge in [-0.1, -0.05) is 18.2 Å². The van der Waals surface area contributed by atoms with E-state index in [1.165, 1.54) is 5.56 Å². The number of rotatable bonds is 3. The molecule has 0 spiro atoms. The molecule has 1 heterocycles. The monoisotopic (exact) mass is 214 g/mol. The molecule has 3 nitrogen and oxygen atoms in total. The Hall–Kier alpha value is -2.03. The average Bonchev–Trinajstić information content (AvgIpc) is 2.81. The van der Waals surface area contributed by atoms with Crippen LogP contribution in [0, 0.1) is 6.92 Å². The van der Waals surface area contributed by atoms with Crippen molar-refractivity contribution in [2.24, 2.45) is 5.10 Å². The summed E-state index contributed by atoms with van der Waals surface area (Å²) in [7, 11) is 0. The Labute approximate surface area is 94.8 Å². The van der Waals surface area contributed by atoms with Gasteiger partial charge in [-0.05, 0) is 37.6 Å². The lowest BCUT2D eigenvalue weighted by molar-refractivity contribution is 0.557. The maximum atomic E-state index is 5.24. The number of hydrogen-bond acceptors (Lipinski definition) is 3. The third-order valence-electron chi connectivity index (χ3n) is 2.37. The number of nitrogens with zero attached hydrogens (tertiary/aromatic N) is 1. The quantitative estimate of drug-likeness (QED) is 0.628. The highest BCUT2D eigenvalue weighted by Crippen LogP contribution is 2.13. The number of benzene rings is 1. The first-order valence-corrected chi connectivity index (χ1v) is 5.17. The van der Waals surface area contributed by atoms with Crippen LogP contribution in [-0.4, -0.2) is 5.71 Å². The standard InChI is InChI=1S/C13H14N2O/c1-10-6-3-4-7-12(10)15-14-11(2)13-8-5-9-16-13/h3-9,15H,1-2H3/b14-11-. The van der Waals surface area contributed by atoms with Crippen LogP contribution in [-0.2, 0) is 0 Å². The average molecular weight is 214 g/mol. The molecule has 3 heteroatoms. The van der Waals surface area contributed by atoms with E-state index >= 15 is 0 Å². The lowest BCUT2D eigenvalue weighted by atomic mass is 10.2. The van der Waals surface area contributed by atoms with Gasteiger partial charge >= 0.3 is 0 Å². The molecule has 0 unspecified atom stereocenters. The summed E-state index contributed by atoms with van der Waals surface area (Å²) in [4.78, 5) is 0. The smallest absolute Gasteiger partial charge is 0.149 e. The van der Waals surface area contributed by atoms with Gasteiger partial charge in [0.1, 0.15) is 11.5 Å². The molecule has 16 heavy (non-hydrogen) atoms. The van der Waals surface area contributed by atoms with Gasteiger partial charge in [0, 0.05) is 0 Å². The van der Waals surface area contributed by atoms with E-state index in [9.17, 15) is 0 Å². The van der Waals surface area contributed by atoms with Crippen molar-refractivity contribution in [3.05, 3.63) is 54.0 Å². The predicted molar refractivity (Wildman–Crippen MR) is 65.7 cm³/mol. The van der Waals surface area contributed by atoms with Crippen LogP contribution in [0.5, 0.6) is 0 Å². The molecule has 0 saturated heterocycles. The SMILES string of the molecule is C/C(=N/Nc1ccccc1C)c1ccco1. The minimum absolute atomic E-state index is 0.779. The van der Waals surface area contributed by atoms with Gasteiger partial charge in [0.15, 0.2) is 0 Å². The van der Waals surface area contributed by atoms with E-state index in [1.807, 2.05) is 50.2 Å². The van der Waals surface area contributed by atoms with E-state index in [0.29, 0.717) is 0 Å². The van der Waals surface area contributed by atoms with Crippen molar-refractivity contribution in [2.75, 3.05) is 5.43 Å². The van der Waals surface area contributed by atoms with E-state index in [4.69, 9.17) is 4.42 Å². The second-order valence-corrected chi connectivity index (χ2v) is 3.60. The molecule has 2 rings (SSSR count). The Morgan fingerprint density at radius 2 is 2.00 bits per heavy atom. The van der Waals surface area contributed by atoms with Gasteiger partial charge < -0.3 is 4.42 Å². The summed E-state index contributed by atoms with van der Waals surface area (Å²) in [6, 6.07) is 11.8. The number of anilines is 1. The van der Waals surface area contributed by atoms with Crippen molar-refractivity contribution in [3.63, 3.8) is 0 Å². The van der Waals surface area contributed by atoms with Crippen LogP contribution >= 0.6 is 0 Å². The number of nitrogens with one attached hydrogen (secondary N) is 1. The molecule has 0 aliphatic carbocycles. The highest BCUT2D eigenvalue weighted by Gasteiger charge is 2.00. The van der Waals surface area contributed by atoms with Crippen LogP contribution in [0.2, 0.25) is 0 Å². The largest absolute Gasteiger partial charge is 0.463 e. The first-order chi connectivity index (χ1) is 7.77. The fourth-order valence-electron chi connectivity index (χ4n) is 1.38. The number of furan rings is 1. The number of hydrogen-bond donors (Lipinski definition) is 1. The Morgan fingerprint density at radius 1 is 1.19 bits per heavy atom. The molecular formula is C13H14N2O. The predicted octanol–water partition coefficient (Wildman–Crippen LogP) is 3.42. The number of hydrazone groups is 1. The summed E-state index contributed by atoms with van der Waals surface area (Å²) in [5.41, 5.74) is 6.03. The molecule has 0 saturated carbocycles. The van der Waals surface area contributed by atoms with Crippen molar-refractivity contribution in [2.45, 2.75) is 13.8 Å². The third-order valence-corrected chi connectivity index (χ3v) is 2.37. The molecule has 0 aliphatic heterocycles. The van der Waals surface area contributed by atoms with Gasteiger partial charge in [-0.2, -0.15) is 5.10 Å². The molecule has 2 aromatic rings. The van der Waals surface area contributed by atoms with Crippen molar-refractivity contribution in [3.8, 4) is 0 Å². The van der Waals surface area contributed by atoms with Gasteiger partial charge in [0.05, 0.1) is 12.0 Å². The van der Waals surface area contributed by atoms with Crippen LogP contribution in [0.3, 0.4) is 0 Å². The Bertz CT molecular complexity index is 486. The van der Waals surface area contributed by atoms with E-state index in [2.05, 4.69) is 10.5 Å². The van der Waals surface area contributed by atoms with Crippen LogP contribution < -0.4 is 5.43 Å². The zero-order chi connectivity index (χ0) is 11.4. The second kappa shape index (κ2) is 4.66. The molecule has 1 N–H and O–H groups in total. The van der Waals surface area contributed by atoms with Crippen LogP contribution in [0.25, 0.3) is 0 Å². The van der Waals surface area contributed by atoms with Crippen molar-refractivity contribution < 1.29 is 4.42 Å². The van der Waals surface area contributed by atoms with Crippen molar-refractivity contribution in [1.82, 2.24) is 0 Å². The van der Waals surface area contributed by atoms with Crippen molar-refractivity contribution >= 4 is 11.4 Å². The van der Waals surface area contributed by atoms with Gasteiger partial charge in [-0.25, -0.2) is 0 Å². The topological polar surface area (TPSA) is 37.5 Å². The second-order valence-electron chi connectivity index (χ2n) is 3.60. The van der Waals surface area contributed by atoms with Gasteiger partial charge in [-0.3, -0.25) is 5.43 Å². The molecule has 0 fully saturated rings. The molecule has 0 radical (unpaired) electrons. The van der Waals surface area contributed by atoms with Crippen LogP contribution in [0.1, 0.15) is 18.2 Å². The van der Waals surface area contributed by atoms with E-state index in [0.717, 1.165) is 17.2 Å². The summed E-state index contributed by atoms with van der Waals surface area (Å²) in [5, 5.41) is 4.27. The zero-order valence-electron chi connectivity index (χ0n) is 9.40. The zero-order valence-corrected chi connectivity index (χ0v) is 9.40. The van der Waals surface area contributed by atoms with E-state index in [1.54, 1.807) is 6.26 Å². The number of para-hydroxylation sites is 1. The van der Waals surface area contributed by atoms with Crippen molar-refractivity contribution in [1.29, 1.82) is 0 Å². The number of aryl methyl sites for hydroxylation is 1. The minimum Gasteiger partial charge on any atom is -0.463 e. The lowest BCUT2D eigenvalue weighted by Gasteiger charge is -2.04. The summed E-state index contributed by atoms with van der Waals surface area (Å²) >= 11 is 0. The molecular weight excluding hydrogens is 200 g/mol.